The van der Waals surface area contributed by atoms with Crippen LogP contribution in [0, 0.1) is 0 Å². The molecule has 0 saturated carbocycles. The van der Waals surface area contributed by atoms with Crippen LogP contribution in [0.2, 0.25) is 0 Å². The molecule has 3 nitrogen and oxygen atoms in total. The number of benzene rings is 1. The van der Waals surface area contributed by atoms with Gasteiger partial charge in [0.25, 0.3) is 0 Å². The number of hydrogen-bond donors (Lipinski definition) is 1. The summed E-state index contributed by atoms with van der Waals surface area (Å²) in [6, 6.07) is 11.1. The zero-order valence-corrected chi connectivity index (χ0v) is 13.0. The van der Waals surface area contributed by atoms with Crippen LogP contribution in [0.5, 0.6) is 0 Å². The Labute approximate surface area is 123 Å². The van der Waals surface area contributed by atoms with Crippen LogP contribution >= 0.6 is 15.9 Å². The maximum Gasteiger partial charge on any atom is 0.0492 e. The van der Waals surface area contributed by atoms with Crippen molar-refractivity contribution in [2.75, 3.05) is 6.54 Å². The molecule has 1 heterocycles. The highest BCUT2D eigenvalue weighted by atomic mass is 79.9. The van der Waals surface area contributed by atoms with Crippen LogP contribution in [-0.2, 0) is 19.9 Å². The lowest BCUT2D eigenvalue weighted by atomic mass is 10.1. The highest BCUT2D eigenvalue weighted by Crippen LogP contribution is 2.11. The van der Waals surface area contributed by atoms with Gasteiger partial charge in [-0.2, -0.15) is 5.10 Å². The molecule has 0 fully saturated rings. The Morgan fingerprint density at radius 2 is 2.00 bits per heavy atom. The van der Waals surface area contributed by atoms with Gasteiger partial charge >= 0.3 is 0 Å². The Bertz CT molecular complexity index is 504. The van der Waals surface area contributed by atoms with E-state index >= 15 is 0 Å². The molecule has 19 heavy (non-hydrogen) atoms. The lowest BCUT2D eigenvalue weighted by Crippen LogP contribution is -2.30. The molecule has 0 radical (unpaired) electrons. The van der Waals surface area contributed by atoms with Gasteiger partial charge in [0.1, 0.15) is 0 Å². The van der Waals surface area contributed by atoms with E-state index in [9.17, 15) is 0 Å². The van der Waals surface area contributed by atoms with Crippen molar-refractivity contribution in [3.05, 3.63) is 52.3 Å². The molecule has 0 bridgehead atoms. The standard InChI is InChI=1S/C15H20BrN3/c1-12(11-13-3-5-14(16)6-4-13)17-9-7-15-8-10-18-19(15)2/h3-6,8,10,12,17H,7,9,11H2,1-2H3. The fourth-order valence-electron chi connectivity index (χ4n) is 2.14. The monoisotopic (exact) mass is 321 g/mol. The SMILES string of the molecule is CC(Cc1ccc(Br)cc1)NCCc1ccnn1C. The summed E-state index contributed by atoms with van der Waals surface area (Å²) < 4.78 is 3.06. The fraction of sp³-hybridized carbons (Fsp3) is 0.400. The van der Waals surface area contributed by atoms with Crippen molar-refractivity contribution >= 4 is 15.9 Å². The van der Waals surface area contributed by atoms with Gasteiger partial charge in [-0.3, -0.25) is 4.68 Å². The van der Waals surface area contributed by atoms with Crippen molar-refractivity contribution in [2.24, 2.45) is 7.05 Å². The second-order valence-corrected chi connectivity index (χ2v) is 5.80. The van der Waals surface area contributed by atoms with Crippen LogP contribution in [-0.4, -0.2) is 22.4 Å². The van der Waals surface area contributed by atoms with E-state index in [4.69, 9.17) is 0 Å². The molecule has 0 amide bonds. The van der Waals surface area contributed by atoms with Gasteiger partial charge in [0, 0.05) is 42.4 Å². The van der Waals surface area contributed by atoms with E-state index in [1.807, 2.05) is 17.9 Å². The van der Waals surface area contributed by atoms with E-state index in [0.29, 0.717) is 6.04 Å². The summed E-state index contributed by atoms with van der Waals surface area (Å²) in [6.45, 7) is 3.21. The van der Waals surface area contributed by atoms with E-state index < -0.39 is 0 Å². The van der Waals surface area contributed by atoms with Gasteiger partial charge in [-0.25, -0.2) is 0 Å². The summed E-state index contributed by atoms with van der Waals surface area (Å²) in [4.78, 5) is 0. The van der Waals surface area contributed by atoms with Crippen molar-refractivity contribution in [3.8, 4) is 0 Å². The Balaban J connectivity index is 1.74. The van der Waals surface area contributed by atoms with Crippen LogP contribution in [0.4, 0.5) is 0 Å². The average molecular weight is 322 g/mol. The Kier molecular flexibility index (Phi) is 5.16. The highest BCUT2D eigenvalue weighted by Gasteiger charge is 2.04. The molecule has 1 aromatic carbocycles. The minimum absolute atomic E-state index is 0.481. The van der Waals surface area contributed by atoms with Gasteiger partial charge in [0.05, 0.1) is 0 Å². The molecule has 4 heteroatoms. The van der Waals surface area contributed by atoms with Crippen LogP contribution in [0.3, 0.4) is 0 Å². The number of hydrogen-bond acceptors (Lipinski definition) is 2. The molecule has 2 aromatic rings. The second-order valence-electron chi connectivity index (χ2n) is 4.88. The Hall–Kier alpha value is -1.13. The Morgan fingerprint density at radius 1 is 1.26 bits per heavy atom. The molecule has 2 rings (SSSR count). The lowest BCUT2D eigenvalue weighted by molar-refractivity contribution is 0.539. The highest BCUT2D eigenvalue weighted by molar-refractivity contribution is 9.10. The second kappa shape index (κ2) is 6.87. The topological polar surface area (TPSA) is 29.9 Å². The summed E-state index contributed by atoms with van der Waals surface area (Å²) >= 11 is 3.46. The van der Waals surface area contributed by atoms with Gasteiger partial charge in [-0.05, 0) is 37.1 Å². The minimum Gasteiger partial charge on any atom is -0.314 e. The van der Waals surface area contributed by atoms with Crippen molar-refractivity contribution in [1.29, 1.82) is 0 Å². The third kappa shape index (κ3) is 4.48. The van der Waals surface area contributed by atoms with E-state index in [1.165, 1.54) is 11.3 Å². The first-order valence-corrected chi connectivity index (χ1v) is 7.39. The van der Waals surface area contributed by atoms with E-state index in [0.717, 1.165) is 23.9 Å². The molecule has 0 aliphatic carbocycles. The van der Waals surface area contributed by atoms with E-state index in [2.05, 4.69) is 63.6 Å². The molecule has 0 spiro atoms. The maximum atomic E-state index is 4.17. The third-order valence-electron chi connectivity index (χ3n) is 3.25. The third-order valence-corrected chi connectivity index (χ3v) is 3.78. The van der Waals surface area contributed by atoms with Gasteiger partial charge in [0.2, 0.25) is 0 Å². The minimum atomic E-state index is 0.481. The molecule has 1 atom stereocenters. The van der Waals surface area contributed by atoms with E-state index in [1.54, 1.807) is 0 Å². The molecule has 0 saturated heterocycles. The first-order chi connectivity index (χ1) is 9.15. The molecule has 102 valence electrons. The van der Waals surface area contributed by atoms with Crippen LogP contribution in [0.15, 0.2) is 41.0 Å². The van der Waals surface area contributed by atoms with Crippen LogP contribution in [0.1, 0.15) is 18.2 Å². The number of nitrogens with zero attached hydrogens (tertiary/aromatic N) is 2. The van der Waals surface area contributed by atoms with Gasteiger partial charge in [0.15, 0.2) is 0 Å². The average Bonchev–Trinajstić information content (AvgIpc) is 2.78. The van der Waals surface area contributed by atoms with E-state index in [-0.39, 0.29) is 0 Å². The maximum absolute atomic E-state index is 4.17. The summed E-state index contributed by atoms with van der Waals surface area (Å²) in [5.41, 5.74) is 2.63. The van der Waals surface area contributed by atoms with Gasteiger partial charge in [-0.1, -0.05) is 28.1 Å². The van der Waals surface area contributed by atoms with Crippen molar-refractivity contribution in [2.45, 2.75) is 25.8 Å². The van der Waals surface area contributed by atoms with Crippen molar-refractivity contribution in [1.82, 2.24) is 15.1 Å². The molecular weight excluding hydrogens is 302 g/mol. The van der Waals surface area contributed by atoms with Crippen molar-refractivity contribution in [3.63, 3.8) is 0 Å². The summed E-state index contributed by atoms with van der Waals surface area (Å²) in [7, 11) is 1.99. The van der Waals surface area contributed by atoms with Gasteiger partial charge in [-0.15, -0.1) is 0 Å². The first-order valence-electron chi connectivity index (χ1n) is 6.60. The number of nitrogens with one attached hydrogen (secondary N) is 1. The molecular formula is C15H20BrN3. The summed E-state index contributed by atoms with van der Waals surface area (Å²) in [6.07, 6.45) is 3.92. The largest absolute Gasteiger partial charge is 0.314 e. The zero-order chi connectivity index (χ0) is 13.7. The lowest BCUT2D eigenvalue weighted by Gasteiger charge is -2.14. The number of rotatable bonds is 6. The predicted octanol–water partition coefficient (Wildman–Crippen LogP) is 2.95. The summed E-state index contributed by atoms with van der Waals surface area (Å²) in [5.74, 6) is 0. The smallest absolute Gasteiger partial charge is 0.0492 e. The first kappa shape index (κ1) is 14.3. The zero-order valence-electron chi connectivity index (χ0n) is 11.4. The Morgan fingerprint density at radius 3 is 2.63 bits per heavy atom. The molecule has 0 aliphatic heterocycles. The number of aromatic nitrogens is 2. The fourth-order valence-corrected chi connectivity index (χ4v) is 2.40. The van der Waals surface area contributed by atoms with Crippen molar-refractivity contribution < 1.29 is 0 Å². The normalized spacial score (nSPS) is 12.6. The number of aryl methyl sites for hydroxylation is 1. The molecule has 1 N–H and O–H groups in total. The molecule has 1 unspecified atom stereocenters. The number of halogens is 1. The molecule has 1 aromatic heterocycles. The predicted molar refractivity (Wildman–Crippen MR) is 82.2 cm³/mol. The van der Waals surface area contributed by atoms with Crippen LogP contribution < -0.4 is 5.32 Å². The van der Waals surface area contributed by atoms with Crippen LogP contribution in [0.25, 0.3) is 0 Å². The van der Waals surface area contributed by atoms with Gasteiger partial charge < -0.3 is 5.32 Å². The molecule has 0 aliphatic rings. The summed E-state index contributed by atoms with van der Waals surface area (Å²) in [5, 5.41) is 7.73. The quantitative estimate of drug-likeness (QED) is 0.886.